The van der Waals surface area contributed by atoms with E-state index < -0.39 is 34.2 Å². The number of anilines is 2. The molecule has 0 aliphatic carbocycles. The van der Waals surface area contributed by atoms with Gasteiger partial charge in [-0.05, 0) is 48.9 Å². The molecule has 4 rings (SSSR count). The summed E-state index contributed by atoms with van der Waals surface area (Å²) < 4.78 is 42.4. The van der Waals surface area contributed by atoms with Crippen LogP contribution >= 0.6 is 0 Å². The Morgan fingerprint density at radius 3 is 2.16 bits per heavy atom. The van der Waals surface area contributed by atoms with Gasteiger partial charge in [0.1, 0.15) is 12.4 Å². The molecule has 38 heavy (non-hydrogen) atoms. The second-order valence-corrected chi connectivity index (χ2v) is 10.4. The Hall–Kier alpha value is -4.50. The number of halogens is 1. The van der Waals surface area contributed by atoms with E-state index in [1.807, 2.05) is 37.3 Å². The summed E-state index contributed by atoms with van der Waals surface area (Å²) in [5.74, 6) is -1.95. The van der Waals surface area contributed by atoms with Gasteiger partial charge >= 0.3 is 0 Å². The SMILES string of the molecule is Cc1ccc(S(=O)(=O)N(CC(=O)Nc2ccccc2C(=O)NCc2ccccc2)c2ccccc2F)cc1. The lowest BCUT2D eigenvalue weighted by molar-refractivity contribution is -0.114. The molecule has 0 unspecified atom stereocenters. The summed E-state index contributed by atoms with van der Waals surface area (Å²) in [6.45, 7) is 1.39. The summed E-state index contributed by atoms with van der Waals surface area (Å²) in [6.07, 6.45) is 0. The number of sulfonamides is 1. The zero-order chi connectivity index (χ0) is 27.1. The topological polar surface area (TPSA) is 95.6 Å². The Morgan fingerprint density at radius 2 is 1.45 bits per heavy atom. The van der Waals surface area contributed by atoms with Crippen molar-refractivity contribution in [2.24, 2.45) is 0 Å². The number of carbonyl (C=O) groups is 2. The van der Waals surface area contributed by atoms with Crippen molar-refractivity contribution < 1.29 is 22.4 Å². The van der Waals surface area contributed by atoms with Gasteiger partial charge in [0, 0.05) is 6.54 Å². The molecule has 0 aliphatic heterocycles. The maximum Gasteiger partial charge on any atom is 0.264 e. The fraction of sp³-hybridized carbons (Fsp3) is 0.103. The van der Waals surface area contributed by atoms with Gasteiger partial charge in [0.25, 0.3) is 15.9 Å². The first-order valence-electron chi connectivity index (χ1n) is 11.8. The van der Waals surface area contributed by atoms with Crippen molar-refractivity contribution in [3.63, 3.8) is 0 Å². The van der Waals surface area contributed by atoms with Crippen LogP contribution in [0, 0.1) is 12.7 Å². The molecule has 0 radical (unpaired) electrons. The van der Waals surface area contributed by atoms with Gasteiger partial charge < -0.3 is 10.6 Å². The zero-order valence-corrected chi connectivity index (χ0v) is 21.4. The van der Waals surface area contributed by atoms with E-state index in [0.29, 0.717) is 0 Å². The van der Waals surface area contributed by atoms with Crippen LogP contribution < -0.4 is 14.9 Å². The van der Waals surface area contributed by atoms with Crippen LogP contribution in [0.15, 0.2) is 108 Å². The number of para-hydroxylation sites is 2. The van der Waals surface area contributed by atoms with E-state index in [4.69, 9.17) is 0 Å². The first-order chi connectivity index (χ1) is 18.3. The number of carbonyl (C=O) groups excluding carboxylic acids is 2. The van der Waals surface area contributed by atoms with Crippen LogP contribution in [-0.4, -0.2) is 26.8 Å². The van der Waals surface area contributed by atoms with Crippen molar-refractivity contribution in [2.45, 2.75) is 18.4 Å². The van der Waals surface area contributed by atoms with Crippen LogP contribution in [-0.2, 0) is 21.4 Å². The standard InChI is InChI=1S/C29H26FN3O4S/c1-21-15-17-23(18-16-21)38(36,37)33(27-14-8-6-12-25(27)30)20-28(34)32-26-13-7-5-11-24(26)29(35)31-19-22-9-3-2-4-10-22/h2-18H,19-20H2,1H3,(H,31,35)(H,32,34). The summed E-state index contributed by atoms with van der Waals surface area (Å²) in [7, 11) is -4.29. The minimum Gasteiger partial charge on any atom is -0.348 e. The van der Waals surface area contributed by atoms with Crippen LogP contribution in [0.2, 0.25) is 0 Å². The van der Waals surface area contributed by atoms with E-state index in [9.17, 15) is 22.4 Å². The summed E-state index contributed by atoms with van der Waals surface area (Å²) in [6, 6.07) is 27.1. The van der Waals surface area contributed by atoms with Crippen LogP contribution in [0.1, 0.15) is 21.5 Å². The quantitative estimate of drug-likeness (QED) is 0.321. The van der Waals surface area contributed by atoms with E-state index in [2.05, 4.69) is 10.6 Å². The Bertz CT molecular complexity index is 1540. The molecule has 4 aromatic rings. The highest BCUT2D eigenvalue weighted by atomic mass is 32.2. The molecule has 194 valence electrons. The molecule has 2 N–H and O–H groups in total. The summed E-state index contributed by atoms with van der Waals surface area (Å²) >= 11 is 0. The molecule has 0 spiro atoms. The Labute approximate surface area is 221 Å². The summed E-state index contributed by atoms with van der Waals surface area (Å²) in [4.78, 5) is 25.9. The Kier molecular flexibility index (Phi) is 8.18. The molecule has 0 saturated heterocycles. The van der Waals surface area contributed by atoms with Gasteiger partial charge in [-0.25, -0.2) is 12.8 Å². The highest BCUT2D eigenvalue weighted by Gasteiger charge is 2.29. The lowest BCUT2D eigenvalue weighted by atomic mass is 10.1. The van der Waals surface area contributed by atoms with Gasteiger partial charge in [-0.2, -0.15) is 0 Å². The predicted molar refractivity (Wildman–Crippen MR) is 145 cm³/mol. The lowest BCUT2D eigenvalue weighted by Crippen LogP contribution is -2.39. The average Bonchev–Trinajstić information content (AvgIpc) is 2.92. The molecule has 0 heterocycles. The molecule has 0 fully saturated rings. The molecular formula is C29H26FN3O4S. The van der Waals surface area contributed by atoms with Crippen molar-refractivity contribution in [1.29, 1.82) is 0 Å². The van der Waals surface area contributed by atoms with E-state index in [0.717, 1.165) is 21.5 Å². The molecule has 0 atom stereocenters. The van der Waals surface area contributed by atoms with Gasteiger partial charge in [0.15, 0.2) is 0 Å². The van der Waals surface area contributed by atoms with Crippen molar-refractivity contribution in [3.05, 3.63) is 126 Å². The van der Waals surface area contributed by atoms with Crippen molar-refractivity contribution in [2.75, 3.05) is 16.2 Å². The average molecular weight is 532 g/mol. The number of benzene rings is 4. The monoisotopic (exact) mass is 531 g/mol. The zero-order valence-electron chi connectivity index (χ0n) is 20.6. The predicted octanol–water partition coefficient (Wildman–Crippen LogP) is 4.90. The first-order valence-corrected chi connectivity index (χ1v) is 13.2. The molecule has 0 aliphatic rings. The number of rotatable bonds is 9. The van der Waals surface area contributed by atoms with Gasteiger partial charge in [0.05, 0.1) is 21.8 Å². The largest absolute Gasteiger partial charge is 0.348 e. The third kappa shape index (κ3) is 6.24. The van der Waals surface area contributed by atoms with Gasteiger partial charge in [-0.15, -0.1) is 0 Å². The van der Waals surface area contributed by atoms with Crippen molar-refractivity contribution >= 4 is 33.2 Å². The molecule has 7 nitrogen and oxygen atoms in total. The van der Waals surface area contributed by atoms with Crippen molar-refractivity contribution in [1.82, 2.24) is 5.32 Å². The smallest absolute Gasteiger partial charge is 0.264 e. The number of hydrogen-bond acceptors (Lipinski definition) is 4. The number of hydrogen-bond donors (Lipinski definition) is 2. The lowest BCUT2D eigenvalue weighted by Gasteiger charge is -2.24. The molecule has 9 heteroatoms. The van der Waals surface area contributed by atoms with Crippen LogP contribution in [0.5, 0.6) is 0 Å². The maximum absolute atomic E-state index is 14.7. The molecule has 0 saturated carbocycles. The number of nitrogens with zero attached hydrogens (tertiary/aromatic N) is 1. The van der Waals surface area contributed by atoms with Gasteiger partial charge in [-0.1, -0.05) is 72.3 Å². The van der Waals surface area contributed by atoms with Crippen LogP contribution in [0.4, 0.5) is 15.8 Å². The molecule has 0 aromatic heterocycles. The minimum atomic E-state index is -4.29. The molecule has 0 bridgehead atoms. The molecular weight excluding hydrogens is 505 g/mol. The third-order valence-corrected chi connectivity index (χ3v) is 7.53. The molecule has 2 amide bonds. The Balaban J connectivity index is 1.57. The minimum absolute atomic E-state index is 0.0835. The van der Waals surface area contributed by atoms with Gasteiger partial charge in [0.2, 0.25) is 5.91 Å². The number of amides is 2. The van der Waals surface area contributed by atoms with Crippen molar-refractivity contribution in [3.8, 4) is 0 Å². The van der Waals surface area contributed by atoms with Crippen LogP contribution in [0.25, 0.3) is 0 Å². The Morgan fingerprint density at radius 1 is 0.816 bits per heavy atom. The van der Waals surface area contributed by atoms with E-state index in [1.165, 1.54) is 36.4 Å². The highest BCUT2D eigenvalue weighted by molar-refractivity contribution is 7.92. The first kappa shape index (κ1) is 26.6. The van der Waals surface area contributed by atoms with E-state index >= 15 is 0 Å². The second-order valence-electron chi connectivity index (χ2n) is 8.54. The summed E-state index contributed by atoms with van der Waals surface area (Å²) in [5.41, 5.74) is 1.89. The number of nitrogens with one attached hydrogen (secondary N) is 2. The van der Waals surface area contributed by atoms with E-state index in [1.54, 1.807) is 30.3 Å². The maximum atomic E-state index is 14.7. The van der Waals surface area contributed by atoms with Gasteiger partial charge in [-0.3, -0.25) is 13.9 Å². The second kappa shape index (κ2) is 11.7. The summed E-state index contributed by atoms with van der Waals surface area (Å²) in [5, 5.41) is 5.42. The van der Waals surface area contributed by atoms with E-state index in [-0.39, 0.29) is 28.4 Å². The van der Waals surface area contributed by atoms with Crippen LogP contribution in [0.3, 0.4) is 0 Å². The fourth-order valence-corrected chi connectivity index (χ4v) is 5.20. The highest BCUT2D eigenvalue weighted by Crippen LogP contribution is 2.27. The normalized spacial score (nSPS) is 11.0. The third-order valence-electron chi connectivity index (χ3n) is 5.76. The molecule has 4 aromatic carbocycles. The fourth-order valence-electron chi connectivity index (χ4n) is 3.77. The number of aryl methyl sites for hydroxylation is 1.